The highest BCUT2D eigenvalue weighted by Crippen LogP contribution is 2.27. The minimum atomic E-state index is 0.445. The molecule has 0 bridgehead atoms. The minimum absolute atomic E-state index is 0.445. The summed E-state index contributed by atoms with van der Waals surface area (Å²) in [5.41, 5.74) is 5.97. The van der Waals surface area contributed by atoms with Gasteiger partial charge in [0.2, 0.25) is 0 Å². The highest BCUT2D eigenvalue weighted by atomic mass is 79.9. The fraction of sp³-hybridized carbons (Fsp3) is 0.692. The highest BCUT2D eigenvalue weighted by molar-refractivity contribution is 9.11. The number of nitrogens with zero attached hydrogens (tertiary/aromatic N) is 1. The normalized spacial score (nSPS) is 25.4. The van der Waals surface area contributed by atoms with Crippen LogP contribution in [0.1, 0.15) is 37.5 Å². The van der Waals surface area contributed by atoms with Crippen LogP contribution in [-0.2, 0) is 6.54 Å². The summed E-state index contributed by atoms with van der Waals surface area (Å²) in [5, 5.41) is 0. The van der Waals surface area contributed by atoms with Gasteiger partial charge in [0.1, 0.15) is 0 Å². The number of halogens is 1. The molecular weight excluding hydrogens is 296 g/mol. The Morgan fingerprint density at radius 3 is 2.59 bits per heavy atom. The molecule has 1 aliphatic rings. The van der Waals surface area contributed by atoms with Crippen molar-refractivity contribution in [3.63, 3.8) is 0 Å². The molecule has 1 aromatic rings. The zero-order valence-electron chi connectivity index (χ0n) is 10.4. The van der Waals surface area contributed by atoms with Gasteiger partial charge in [0.25, 0.3) is 0 Å². The highest BCUT2D eigenvalue weighted by Gasteiger charge is 2.23. The average Bonchev–Trinajstić information content (AvgIpc) is 2.73. The Bertz CT molecular complexity index is 345. The monoisotopic (exact) mass is 316 g/mol. The molecule has 0 aromatic carbocycles. The molecular formula is C13H21BrN2S. The third-order valence-corrected chi connectivity index (χ3v) is 5.26. The van der Waals surface area contributed by atoms with Crippen molar-refractivity contribution in [2.75, 3.05) is 6.54 Å². The molecule has 0 radical (unpaired) electrons. The van der Waals surface area contributed by atoms with Crippen molar-refractivity contribution in [2.24, 2.45) is 5.73 Å². The predicted octanol–water partition coefficient (Wildman–Crippen LogP) is 3.60. The van der Waals surface area contributed by atoms with E-state index in [0.717, 1.165) is 19.1 Å². The van der Waals surface area contributed by atoms with Crippen LogP contribution >= 0.6 is 27.3 Å². The smallest absolute Gasteiger partial charge is 0.0701 e. The molecule has 2 rings (SSSR count). The zero-order chi connectivity index (χ0) is 12.3. The van der Waals surface area contributed by atoms with Gasteiger partial charge >= 0.3 is 0 Å². The summed E-state index contributed by atoms with van der Waals surface area (Å²) in [5.74, 6) is 0. The van der Waals surface area contributed by atoms with Gasteiger partial charge in [-0.1, -0.05) is 6.92 Å². The molecule has 2 nitrogen and oxygen atoms in total. The maximum atomic E-state index is 5.97. The Balaban J connectivity index is 1.92. The fourth-order valence-corrected chi connectivity index (χ4v) is 4.11. The number of rotatable bonds is 4. The van der Waals surface area contributed by atoms with E-state index in [1.54, 1.807) is 0 Å². The van der Waals surface area contributed by atoms with Crippen LogP contribution in [-0.4, -0.2) is 23.5 Å². The van der Waals surface area contributed by atoms with Crippen LogP contribution in [0.3, 0.4) is 0 Å². The van der Waals surface area contributed by atoms with Crippen LogP contribution in [0.2, 0.25) is 0 Å². The SMILES string of the molecule is CCN(Cc1ccc(Br)s1)C1CCC(N)CC1. The Morgan fingerprint density at radius 1 is 1.35 bits per heavy atom. The van der Waals surface area contributed by atoms with Crippen molar-refractivity contribution >= 4 is 27.3 Å². The number of hydrogen-bond donors (Lipinski definition) is 1. The molecule has 17 heavy (non-hydrogen) atoms. The summed E-state index contributed by atoms with van der Waals surface area (Å²) in [6.45, 7) is 4.49. The topological polar surface area (TPSA) is 29.3 Å². The van der Waals surface area contributed by atoms with Gasteiger partial charge < -0.3 is 5.73 Å². The van der Waals surface area contributed by atoms with Crippen molar-refractivity contribution in [1.82, 2.24) is 4.90 Å². The van der Waals surface area contributed by atoms with Crippen LogP contribution < -0.4 is 5.73 Å². The van der Waals surface area contributed by atoms with Gasteiger partial charge in [0.05, 0.1) is 3.79 Å². The van der Waals surface area contributed by atoms with Gasteiger partial charge in [-0.05, 0) is 60.3 Å². The van der Waals surface area contributed by atoms with Crippen LogP contribution in [0.5, 0.6) is 0 Å². The molecule has 0 aliphatic heterocycles. The molecule has 4 heteroatoms. The van der Waals surface area contributed by atoms with Gasteiger partial charge in [-0.2, -0.15) is 0 Å². The van der Waals surface area contributed by atoms with Crippen molar-refractivity contribution in [1.29, 1.82) is 0 Å². The lowest BCUT2D eigenvalue weighted by Gasteiger charge is -2.35. The van der Waals surface area contributed by atoms with Crippen molar-refractivity contribution in [3.8, 4) is 0 Å². The maximum absolute atomic E-state index is 5.97. The van der Waals surface area contributed by atoms with E-state index in [0.29, 0.717) is 6.04 Å². The van der Waals surface area contributed by atoms with Crippen LogP contribution in [0.15, 0.2) is 15.9 Å². The predicted molar refractivity (Wildman–Crippen MR) is 78.3 cm³/mol. The van der Waals surface area contributed by atoms with Gasteiger partial charge in [-0.3, -0.25) is 4.90 Å². The van der Waals surface area contributed by atoms with Gasteiger partial charge in [-0.25, -0.2) is 0 Å². The Morgan fingerprint density at radius 2 is 2.06 bits per heavy atom. The Hall–Kier alpha value is 0.1000. The molecule has 0 spiro atoms. The molecule has 96 valence electrons. The van der Waals surface area contributed by atoms with Crippen LogP contribution in [0, 0.1) is 0 Å². The summed E-state index contributed by atoms with van der Waals surface area (Å²) in [7, 11) is 0. The zero-order valence-corrected chi connectivity index (χ0v) is 12.8. The largest absolute Gasteiger partial charge is 0.328 e. The van der Waals surface area contributed by atoms with E-state index >= 15 is 0 Å². The van der Waals surface area contributed by atoms with E-state index in [1.165, 1.54) is 34.3 Å². The molecule has 0 amide bonds. The van der Waals surface area contributed by atoms with Crippen molar-refractivity contribution < 1.29 is 0 Å². The first kappa shape index (κ1) is 13.5. The van der Waals surface area contributed by atoms with Crippen LogP contribution in [0.25, 0.3) is 0 Å². The summed E-state index contributed by atoms with van der Waals surface area (Å²) in [4.78, 5) is 4.05. The van der Waals surface area contributed by atoms with E-state index in [-0.39, 0.29) is 0 Å². The minimum Gasteiger partial charge on any atom is -0.328 e. The Kier molecular flexibility index (Phi) is 5.03. The standard InChI is InChI=1S/C13H21BrN2S/c1-2-16(9-12-7-8-13(14)17-12)11-5-3-10(15)4-6-11/h7-8,10-11H,2-6,9,15H2,1H3. The van der Waals surface area contributed by atoms with E-state index in [9.17, 15) is 0 Å². The molecule has 0 unspecified atom stereocenters. The third-order valence-electron chi connectivity index (χ3n) is 3.65. The average molecular weight is 317 g/mol. The van der Waals surface area contributed by atoms with Gasteiger partial charge in [0.15, 0.2) is 0 Å². The molecule has 0 atom stereocenters. The molecule has 2 N–H and O–H groups in total. The second-order valence-corrected chi connectivity index (χ2v) is 7.39. The van der Waals surface area contributed by atoms with E-state index in [2.05, 4.69) is 39.9 Å². The first-order valence-electron chi connectivity index (χ1n) is 6.43. The van der Waals surface area contributed by atoms with E-state index in [1.807, 2.05) is 11.3 Å². The fourth-order valence-electron chi connectivity index (χ4n) is 2.60. The lowest BCUT2D eigenvalue weighted by atomic mass is 9.90. The summed E-state index contributed by atoms with van der Waals surface area (Å²) < 4.78 is 1.23. The van der Waals surface area contributed by atoms with E-state index < -0.39 is 0 Å². The van der Waals surface area contributed by atoms with E-state index in [4.69, 9.17) is 5.73 Å². The van der Waals surface area contributed by atoms with Crippen LogP contribution in [0.4, 0.5) is 0 Å². The second-order valence-electron chi connectivity index (χ2n) is 4.84. The summed E-state index contributed by atoms with van der Waals surface area (Å²) in [6, 6.07) is 5.55. The molecule has 1 heterocycles. The lowest BCUT2D eigenvalue weighted by molar-refractivity contribution is 0.150. The summed E-state index contributed by atoms with van der Waals surface area (Å²) >= 11 is 5.38. The molecule has 1 fully saturated rings. The second kappa shape index (κ2) is 6.32. The number of thiophene rings is 1. The lowest BCUT2D eigenvalue weighted by Crippen LogP contribution is -2.40. The molecule has 1 aromatic heterocycles. The maximum Gasteiger partial charge on any atom is 0.0701 e. The third kappa shape index (κ3) is 3.78. The number of nitrogens with two attached hydrogens (primary N) is 1. The van der Waals surface area contributed by atoms with Crippen molar-refractivity contribution in [2.45, 2.75) is 51.2 Å². The summed E-state index contributed by atoms with van der Waals surface area (Å²) in [6.07, 6.45) is 4.91. The number of hydrogen-bond acceptors (Lipinski definition) is 3. The molecule has 1 saturated carbocycles. The quantitative estimate of drug-likeness (QED) is 0.919. The molecule has 0 saturated heterocycles. The Labute approximate surface area is 116 Å². The van der Waals surface area contributed by atoms with Gasteiger partial charge in [0, 0.05) is 23.5 Å². The van der Waals surface area contributed by atoms with Crippen molar-refractivity contribution in [3.05, 3.63) is 20.8 Å². The molecule has 1 aliphatic carbocycles. The first-order valence-corrected chi connectivity index (χ1v) is 8.04. The first-order chi connectivity index (χ1) is 8.19. The van der Waals surface area contributed by atoms with Gasteiger partial charge in [-0.15, -0.1) is 11.3 Å².